The molecule has 1 aromatic heterocycles. The predicted octanol–water partition coefficient (Wildman–Crippen LogP) is 5.69. The van der Waals surface area contributed by atoms with Crippen LogP contribution in [0.3, 0.4) is 0 Å². The van der Waals surface area contributed by atoms with Gasteiger partial charge in [0.1, 0.15) is 11.3 Å². The van der Waals surface area contributed by atoms with E-state index < -0.39 is 0 Å². The molecule has 1 nitrogen and oxygen atoms in total. The van der Waals surface area contributed by atoms with Crippen LogP contribution in [0.1, 0.15) is 26.3 Å². The van der Waals surface area contributed by atoms with Gasteiger partial charge in [-0.1, -0.05) is 63.2 Å². The van der Waals surface area contributed by atoms with E-state index in [9.17, 15) is 0 Å². The van der Waals surface area contributed by atoms with Crippen LogP contribution >= 0.6 is 0 Å². The highest BCUT2D eigenvalue weighted by Crippen LogP contribution is 2.33. The number of fused-ring (bicyclic) bond motifs is 1. The molecule has 0 N–H and O–H groups in total. The van der Waals surface area contributed by atoms with Gasteiger partial charge in [0.2, 0.25) is 0 Å². The molecule has 1 heterocycles. The average molecular weight is 264 g/mol. The van der Waals surface area contributed by atoms with E-state index in [1.807, 2.05) is 18.2 Å². The van der Waals surface area contributed by atoms with E-state index in [-0.39, 0.29) is 5.41 Å². The van der Waals surface area contributed by atoms with Crippen molar-refractivity contribution in [3.8, 4) is 11.3 Å². The van der Waals surface area contributed by atoms with Crippen LogP contribution in [0.5, 0.6) is 0 Å². The van der Waals surface area contributed by atoms with Crippen molar-refractivity contribution in [3.63, 3.8) is 0 Å². The Labute approximate surface area is 120 Å². The Morgan fingerprint density at radius 2 is 1.60 bits per heavy atom. The zero-order chi connectivity index (χ0) is 14.2. The molecule has 0 atom stereocenters. The smallest absolute Gasteiger partial charge is 0.135 e. The third-order valence-electron chi connectivity index (χ3n) is 3.43. The van der Waals surface area contributed by atoms with E-state index in [1.54, 1.807) is 0 Å². The molecule has 2 aromatic carbocycles. The van der Waals surface area contributed by atoms with Crippen LogP contribution in [0.15, 0.2) is 59.0 Å². The Bertz CT molecular complexity index is 696. The summed E-state index contributed by atoms with van der Waals surface area (Å²) in [6.45, 7) is 6.80. The summed E-state index contributed by atoms with van der Waals surface area (Å²) in [5.41, 5.74) is 3.77. The molecule has 3 aromatic rings. The normalized spacial score (nSPS) is 11.9. The second-order valence-corrected chi connectivity index (χ2v) is 6.54. The molecule has 0 spiro atoms. The summed E-state index contributed by atoms with van der Waals surface area (Å²) in [7, 11) is 0. The fourth-order valence-corrected chi connectivity index (χ4v) is 2.60. The molecule has 0 saturated carbocycles. The topological polar surface area (TPSA) is 13.1 Å². The molecule has 102 valence electrons. The zero-order valence-corrected chi connectivity index (χ0v) is 12.3. The van der Waals surface area contributed by atoms with Crippen LogP contribution in [0.25, 0.3) is 22.3 Å². The van der Waals surface area contributed by atoms with Crippen LogP contribution in [0, 0.1) is 5.41 Å². The second kappa shape index (κ2) is 4.82. The van der Waals surface area contributed by atoms with E-state index in [4.69, 9.17) is 4.42 Å². The van der Waals surface area contributed by atoms with E-state index >= 15 is 0 Å². The van der Waals surface area contributed by atoms with E-state index in [2.05, 4.69) is 57.2 Å². The largest absolute Gasteiger partial charge is 0.456 e. The molecule has 0 saturated heterocycles. The second-order valence-electron chi connectivity index (χ2n) is 6.54. The van der Waals surface area contributed by atoms with Gasteiger partial charge in [-0.15, -0.1) is 0 Å². The lowest BCUT2D eigenvalue weighted by atomic mass is 9.86. The molecule has 0 amide bonds. The van der Waals surface area contributed by atoms with Crippen molar-refractivity contribution in [1.82, 2.24) is 0 Å². The SMILES string of the molecule is CC(C)(C)Cc1ccccc1-c1cc2ccccc2o1. The Balaban J connectivity index is 2.09. The molecule has 0 radical (unpaired) electrons. The van der Waals surface area contributed by atoms with Crippen LogP contribution in [0.4, 0.5) is 0 Å². The summed E-state index contributed by atoms with van der Waals surface area (Å²) in [6, 6.07) is 18.8. The van der Waals surface area contributed by atoms with Crippen molar-refractivity contribution < 1.29 is 4.42 Å². The quantitative estimate of drug-likeness (QED) is 0.579. The van der Waals surface area contributed by atoms with E-state index in [0.717, 1.165) is 23.2 Å². The van der Waals surface area contributed by atoms with Gasteiger partial charge in [-0.05, 0) is 29.5 Å². The molecule has 0 aliphatic rings. The molecule has 0 aliphatic carbocycles. The maximum absolute atomic E-state index is 6.01. The van der Waals surface area contributed by atoms with Gasteiger partial charge < -0.3 is 4.42 Å². The highest BCUT2D eigenvalue weighted by atomic mass is 16.3. The first-order valence-electron chi connectivity index (χ1n) is 7.10. The minimum atomic E-state index is 0.266. The number of para-hydroxylation sites is 1. The molecule has 0 bridgehead atoms. The Morgan fingerprint density at radius 3 is 2.35 bits per heavy atom. The van der Waals surface area contributed by atoms with Crippen molar-refractivity contribution in [2.24, 2.45) is 5.41 Å². The molecule has 0 unspecified atom stereocenters. The van der Waals surface area contributed by atoms with Gasteiger partial charge in [0, 0.05) is 10.9 Å². The summed E-state index contributed by atoms with van der Waals surface area (Å²) in [6.07, 6.45) is 1.04. The highest BCUT2D eigenvalue weighted by molar-refractivity contribution is 5.83. The summed E-state index contributed by atoms with van der Waals surface area (Å²) in [5.74, 6) is 0.964. The summed E-state index contributed by atoms with van der Waals surface area (Å²) < 4.78 is 6.01. The van der Waals surface area contributed by atoms with Crippen molar-refractivity contribution in [1.29, 1.82) is 0 Å². The minimum absolute atomic E-state index is 0.266. The van der Waals surface area contributed by atoms with Crippen LogP contribution in [-0.2, 0) is 6.42 Å². The number of rotatable bonds is 2. The van der Waals surface area contributed by atoms with Gasteiger partial charge >= 0.3 is 0 Å². The molecular weight excluding hydrogens is 244 g/mol. The summed E-state index contributed by atoms with van der Waals surface area (Å²) in [5, 5.41) is 1.16. The lowest BCUT2D eigenvalue weighted by Gasteiger charge is -2.19. The molecular formula is C19H20O. The van der Waals surface area contributed by atoms with Gasteiger partial charge in [0.05, 0.1) is 0 Å². The summed E-state index contributed by atoms with van der Waals surface area (Å²) >= 11 is 0. The predicted molar refractivity (Wildman–Crippen MR) is 84.8 cm³/mol. The number of hydrogen-bond acceptors (Lipinski definition) is 1. The Hall–Kier alpha value is -2.02. The number of benzene rings is 2. The number of furan rings is 1. The zero-order valence-electron chi connectivity index (χ0n) is 12.3. The van der Waals surface area contributed by atoms with Crippen LogP contribution < -0.4 is 0 Å². The van der Waals surface area contributed by atoms with Gasteiger partial charge in [-0.2, -0.15) is 0 Å². The third kappa shape index (κ3) is 2.62. The van der Waals surface area contributed by atoms with E-state index in [1.165, 1.54) is 11.1 Å². The highest BCUT2D eigenvalue weighted by Gasteiger charge is 2.16. The first kappa shape index (κ1) is 13.0. The monoisotopic (exact) mass is 264 g/mol. The minimum Gasteiger partial charge on any atom is -0.456 e. The maximum Gasteiger partial charge on any atom is 0.135 e. The third-order valence-corrected chi connectivity index (χ3v) is 3.43. The number of hydrogen-bond donors (Lipinski definition) is 0. The molecule has 1 heteroatoms. The van der Waals surface area contributed by atoms with Gasteiger partial charge in [-0.3, -0.25) is 0 Å². The lowest BCUT2D eigenvalue weighted by Crippen LogP contribution is -2.09. The van der Waals surface area contributed by atoms with Crippen molar-refractivity contribution in [2.45, 2.75) is 27.2 Å². The lowest BCUT2D eigenvalue weighted by molar-refractivity contribution is 0.411. The first-order valence-corrected chi connectivity index (χ1v) is 7.10. The Morgan fingerprint density at radius 1 is 0.900 bits per heavy atom. The maximum atomic E-state index is 6.01. The fourth-order valence-electron chi connectivity index (χ4n) is 2.60. The molecule has 20 heavy (non-hydrogen) atoms. The van der Waals surface area contributed by atoms with Gasteiger partial charge in [0.15, 0.2) is 0 Å². The van der Waals surface area contributed by atoms with Crippen LogP contribution in [0.2, 0.25) is 0 Å². The van der Waals surface area contributed by atoms with Crippen molar-refractivity contribution >= 4 is 11.0 Å². The van der Waals surface area contributed by atoms with E-state index in [0.29, 0.717) is 0 Å². The van der Waals surface area contributed by atoms with Gasteiger partial charge in [0.25, 0.3) is 0 Å². The molecule has 3 rings (SSSR count). The average Bonchev–Trinajstić information content (AvgIpc) is 2.81. The van der Waals surface area contributed by atoms with Gasteiger partial charge in [-0.25, -0.2) is 0 Å². The Kier molecular flexibility index (Phi) is 3.13. The molecule has 0 aliphatic heterocycles. The van der Waals surface area contributed by atoms with Crippen LogP contribution in [-0.4, -0.2) is 0 Å². The fraction of sp³-hybridized carbons (Fsp3) is 0.263. The standard InChI is InChI=1S/C19H20O/c1-19(2,3)13-15-9-4-6-10-16(15)18-12-14-8-5-7-11-17(14)20-18/h4-12H,13H2,1-3H3. The first-order chi connectivity index (χ1) is 9.53. The van der Waals surface area contributed by atoms with Crippen molar-refractivity contribution in [3.05, 3.63) is 60.2 Å². The summed E-state index contributed by atoms with van der Waals surface area (Å²) in [4.78, 5) is 0. The molecule has 0 fully saturated rings. The van der Waals surface area contributed by atoms with Crippen molar-refractivity contribution in [2.75, 3.05) is 0 Å².